The van der Waals surface area contributed by atoms with Crippen LogP contribution in [0.25, 0.3) is 10.1 Å². The molecule has 20 heavy (non-hydrogen) atoms. The van der Waals surface area contributed by atoms with Crippen LogP contribution in [0.5, 0.6) is 5.75 Å². The molecule has 0 aliphatic heterocycles. The highest BCUT2D eigenvalue weighted by Gasteiger charge is 2.15. The number of methoxy groups -OCH3 is 1. The molecule has 0 amide bonds. The Hall–Kier alpha value is -2.13. The lowest BCUT2D eigenvalue weighted by molar-refractivity contribution is 0.104. The molecular weight excluding hydrogens is 268 g/mol. The van der Waals surface area contributed by atoms with Crippen LogP contribution in [-0.2, 0) is 0 Å². The number of ketones is 1. The number of thiophene rings is 1. The second-order valence-electron chi connectivity index (χ2n) is 4.66. The van der Waals surface area contributed by atoms with E-state index in [9.17, 15) is 4.79 Å². The molecule has 0 saturated heterocycles. The molecule has 3 heteroatoms. The van der Waals surface area contributed by atoms with Gasteiger partial charge >= 0.3 is 0 Å². The molecule has 0 aliphatic carbocycles. The average molecular weight is 282 g/mol. The SMILES string of the molecule is COc1ccc(C(=O)c2cc3ccccc3s2)c(C)c1. The van der Waals surface area contributed by atoms with Crippen molar-refractivity contribution in [1.29, 1.82) is 0 Å². The summed E-state index contributed by atoms with van der Waals surface area (Å²) in [7, 11) is 1.63. The first-order chi connectivity index (χ1) is 9.69. The Balaban J connectivity index is 2.03. The van der Waals surface area contributed by atoms with Crippen LogP contribution in [0.1, 0.15) is 20.8 Å². The minimum Gasteiger partial charge on any atom is -0.497 e. The Kier molecular flexibility index (Phi) is 3.28. The first-order valence-corrected chi connectivity index (χ1v) is 7.18. The third kappa shape index (κ3) is 2.21. The van der Waals surface area contributed by atoms with E-state index in [1.807, 2.05) is 55.5 Å². The first kappa shape index (κ1) is 12.9. The van der Waals surface area contributed by atoms with E-state index < -0.39 is 0 Å². The van der Waals surface area contributed by atoms with Crippen molar-refractivity contribution in [2.75, 3.05) is 7.11 Å². The largest absolute Gasteiger partial charge is 0.497 e. The van der Waals surface area contributed by atoms with Crippen molar-refractivity contribution in [3.63, 3.8) is 0 Å². The summed E-state index contributed by atoms with van der Waals surface area (Å²) in [5, 5.41) is 1.12. The van der Waals surface area contributed by atoms with Gasteiger partial charge in [-0.05, 0) is 48.2 Å². The van der Waals surface area contributed by atoms with Gasteiger partial charge in [-0.3, -0.25) is 4.79 Å². The predicted molar refractivity (Wildman–Crippen MR) is 83.0 cm³/mol. The Morgan fingerprint density at radius 2 is 1.90 bits per heavy atom. The maximum absolute atomic E-state index is 12.6. The molecule has 1 aromatic heterocycles. The molecule has 2 nitrogen and oxygen atoms in total. The van der Waals surface area contributed by atoms with E-state index in [4.69, 9.17) is 4.74 Å². The molecule has 0 spiro atoms. The zero-order valence-electron chi connectivity index (χ0n) is 11.3. The summed E-state index contributed by atoms with van der Waals surface area (Å²) < 4.78 is 6.32. The molecule has 100 valence electrons. The minimum absolute atomic E-state index is 0.0753. The summed E-state index contributed by atoms with van der Waals surface area (Å²) in [4.78, 5) is 13.4. The Morgan fingerprint density at radius 3 is 2.60 bits per heavy atom. The molecule has 0 radical (unpaired) electrons. The quantitative estimate of drug-likeness (QED) is 0.663. The molecule has 0 fully saturated rings. The normalized spacial score (nSPS) is 10.7. The van der Waals surface area contributed by atoms with E-state index in [1.54, 1.807) is 7.11 Å². The topological polar surface area (TPSA) is 26.3 Å². The standard InChI is InChI=1S/C17H14O2S/c1-11-9-13(19-2)7-8-14(11)17(18)16-10-12-5-3-4-6-15(12)20-16/h3-10H,1-2H3. The Labute approximate surface area is 121 Å². The third-order valence-electron chi connectivity index (χ3n) is 3.33. The molecule has 0 bridgehead atoms. The van der Waals surface area contributed by atoms with E-state index in [-0.39, 0.29) is 5.78 Å². The third-order valence-corrected chi connectivity index (χ3v) is 4.44. The van der Waals surface area contributed by atoms with Crippen LogP contribution < -0.4 is 4.74 Å². The van der Waals surface area contributed by atoms with E-state index >= 15 is 0 Å². The van der Waals surface area contributed by atoms with Gasteiger partial charge in [0.15, 0.2) is 0 Å². The van der Waals surface area contributed by atoms with Crippen molar-refractivity contribution in [2.24, 2.45) is 0 Å². The predicted octanol–water partition coefficient (Wildman–Crippen LogP) is 4.45. The number of fused-ring (bicyclic) bond motifs is 1. The minimum atomic E-state index is 0.0753. The lowest BCUT2D eigenvalue weighted by Crippen LogP contribution is -2.01. The number of aryl methyl sites for hydroxylation is 1. The van der Waals surface area contributed by atoms with Gasteiger partial charge in [0.05, 0.1) is 12.0 Å². The average Bonchev–Trinajstić information content (AvgIpc) is 2.90. The summed E-state index contributed by atoms with van der Waals surface area (Å²) in [5.74, 6) is 0.849. The van der Waals surface area contributed by atoms with Gasteiger partial charge in [0.25, 0.3) is 0 Å². The van der Waals surface area contributed by atoms with Gasteiger partial charge in [0.2, 0.25) is 5.78 Å². The van der Waals surface area contributed by atoms with Gasteiger partial charge in [-0.1, -0.05) is 18.2 Å². The van der Waals surface area contributed by atoms with Gasteiger partial charge in [0.1, 0.15) is 5.75 Å². The van der Waals surface area contributed by atoms with Gasteiger partial charge in [-0.15, -0.1) is 11.3 Å². The lowest BCUT2D eigenvalue weighted by atomic mass is 10.0. The summed E-state index contributed by atoms with van der Waals surface area (Å²) in [6.07, 6.45) is 0. The Morgan fingerprint density at radius 1 is 1.10 bits per heavy atom. The van der Waals surface area contributed by atoms with Crippen LogP contribution in [0.3, 0.4) is 0 Å². The number of carbonyl (C=O) groups is 1. The van der Waals surface area contributed by atoms with Gasteiger partial charge in [0, 0.05) is 10.3 Å². The lowest BCUT2D eigenvalue weighted by Gasteiger charge is -2.06. The van der Waals surface area contributed by atoms with Crippen LogP contribution >= 0.6 is 11.3 Å². The number of ether oxygens (including phenoxy) is 1. The molecule has 0 saturated carbocycles. The monoisotopic (exact) mass is 282 g/mol. The molecule has 1 heterocycles. The highest BCUT2D eigenvalue weighted by molar-refractivity contribution is 7.21. The van der Waals surface area contributed by atoms with Gasteiger partial charge < -0.3 is 4.74 Å². The maximum Gasteiger partial charge on any atom is 0.203 e. The summed E-state index contributed by atoms with van der Waals surface area (Å²) in [5.41, 5.74) is 1.67. The molecular formula is C17H14O2S. The maximum atomic E-state index is 12.6. The number of carbonyl (C=O) groups excluding carboxylic acids is 1. The fourth-order valence-electron chi connectivity index (χ4n) is 2.24. The number of hydrogen-bond acceptors (Lipinski definition) is 3. The molecule has 0 aliphatic rings. The summed E-state index contributed by atoms with van der Waals surface area (Å²) in [6.45, 7) is 1.93. The van der Waals surface area contributed by atoms with Crippen LogP contribution in [0, 0.1) is 6.92 Å². The number of rotatable bonds is 3. The van der Waals surface area contributed by atoms with E-state index in [0.717, 1.165) is 31.8 Å². The van der Waals surface area contributed by atoms with Crippen molar-refractivity contribution >= 4 is 27.2 Å². The fraction of sp³-hybridized carbons (Fsp3) is 0.118. The van der Waals surface area contributed by atoms with Crippen LogP contribution in [0.2, 0.25) is 0 Å². The second kappa shape index (κ2) is 5.10. The highest BCUT2D eigenvalue weighted by Crippen LogP contribution is 2.28. The number of hydrogen-bond donors (Lipinski definition) is 0. The zero-order valence-corrected chi connectivity index (χ0v) is 12.2. The smallest absolute Gasteiger partial charge is 0.203 e. The molecule has 0 unspecified atom stereocenters. The van der Waals surface area contributed by atoms with Crippen molar-refractivity contribution < 1.29 is 9.53 Å². The van der Waals surface area contributed by atoms with Crippen molar-refractivity contribution in [3.8, 4) is 5.75 Å². The van der Waals surface area contributed by atoms with Crippen LogP contribution in [-0.4, -0.2) is 12.9 Å². The second-order valence-corrected chi connectivity index (χ2v) is 5.74. The van der Waals surface area contributed by atoms with Crippen molar-refractivity contribution in [1.82, 2.24) is 0 Å². The zero-order chi connectivity index (χ0) is 14.1. The fourth-order valence-corrected chi connectivity index (χ4v) is 3.26. The van der Waals surface area contributed by atoms with E-state index in [0.29, 0.717) is 0 Å². The van der Waals surface area contributed by atoms with Gasteiger partial charge in [-0.25, -0.2) is 0 Å². The Bertz CT molecular complexity index is 754. The molecule has 0 N–H and O–H groups in total. The first-order valence-electron chi connectivity index (χ1n) is 6.37. The molecule has 2 aromatic carbocycles. The molecule has 3 rings (SSSR count). The molecule has 0 atom stereocenters. The van der Waals surface area contributed by atoms with Crippen LogP contribution in [0.15, 0.2) is 48.5 Å². The van der Waals surface area contributed by atoms with Crippen molar-refractivity contribution in [2.45, 2.75) is 6.92 Å². The van der Waals surface area contributed by atoms with Gasteiger partial charge in [-0.2, -0.15) is 0 Å². The van der Waals surface area contributed by atoms with Crippen molar-refractivity contribution in [3.05, 3.63) is 64.5 Å². The summed E-state index contributed by atoms with van der Waals surface area (Å²) >= 11 is 1.54. The van der Waals surface area contributed by atoms with Crippen LogP contribution in [0.4, 0.5) is 0 Å². The molecule has 3 aromatic rings. The number of benzene rings is 2. The van der Waals surface area contributed by atoms with E-state index in [2.05, 4.69) is 0 Å². The highest BCUT2D eigenvalue weighted by atomic mass is 32.1. The summed E-state index contributed by atoms with van der Waals surface area (Å²) in [6, 6.07) is 15.6. The van der Waals surface area contributed by atoms with E-state index in [1.165, 1.54) is 11.3 Å².